The summed E-state index contributed by atoms with van der Waals surface area (Å²) >= 11 is 0. The highest BCUT2D eigenvalue weighted by Crippen LogP contribution is 2.45. The fourth-order valence-electron chi connectivity index (χ4n) is 3.96. The van der Waals surface area contributed by atoms with Gasteiger partial charge in [0.2, 0.25) is 0 Å². The van der Waals surface area contributed by atoms with Crippen molar-refractivity contribution >= 4 is 5.97 Å². The topological polar surface area (TPSA) is 49.3 Å². The molecule has 1 aliphatic rings. The van der Waals surface area contributed by atoms with E-state index in [4.69, 9.17) is 0 Å². The summed E-state index contributed by atoms with van der Waals surface area (Å²) in [6.45, 7) is 13.3. The molecule has 112 valence electrons. The molecule has 0 amide bonds. The molecule has 0 aromatic heterocycles. The molecular formula is C16H31NO2. The van der Waals surface area contributed by atoms with Crippen LogP contribution in [-0.2, 0) is 4.79 Å². The quantitative estimate of drug-likeness (QED) is 0.800. The van der Waals surface area contributed by atoms with Crippen LogP contribution in [-0.4, -0.2) is 23.2 Å². The number of aliphatic carboxylic acids is 1. The summed E-state index contributed by atoms with van der Waals surface area (Å²) in [5, 5.41) is 12.7. The van der Waals surface area contributed by atoms with Gasteiger partial charge >= 0.3 is 5.97 Å². The molecule has 0 saturated heterocycles. The number of carbonyl (C=O) groups is 1. The van der Waals surface area contributed by atoms with Gasteiger partial charge in [0.1, 0.15) is 6.04 Å². The van der Waals surface area contributed by atoms with Crippen LogP contribution >= 0.6 is 0 Å². The van der Waals surface area contributed by atoms with Crippen molar-refractivity contribution < 1.29 is 9.90 Å². The Balaban J connectivity index is 2.70. The maximum Gasteiger partial charge on any atom is 0.320 e. The maximum absolute atomic E-state index is 11.4. The van der Waals surface area contributed by atoms with Crippen LogP contribution in [0.2, 0.25) is 0 Å². The number of carboxylic acid groups (broad SMARTS) is 1. The largest absolute Gasteiger partial charge is 0.480 e. The molecule has 19 heavy (non-hydrogen) atoms. The van der Waals surface area contributed by atoms with E-state index in [1.807, 2.05) is 0 Å². The van der Waals surface area contributed by atoms with E-state index in [0.717, 1.165) is 12.8 Å². The van der Waals surface area contributed by atoms with Crippen molar-refractivity contribution in [2.45, 2.75) is 79.3 Å². The lowest BCUT2D eigenvalue weighted by atomic mass is 9.63. The van der Waals surface area contributed by atoms with Crippen LogP contribution in [0.3, 0.4) is 0 Å². The first-order chi connectivity index (χ1) is 8.51. The molecule has 1 rings (SSSR count). The number of rotatable bonds is 5. The van der Waals surface area contributed by atoms with Crippen molar-refractivity contribution in [3.63, 3.8) is 0 Å². The molecule has 0 aromatic rings. The minimum absolute atomic E-state index is 0.292. The van der Waals surface area contributed by atoms with E-state index < -0.39 is 12.0 Å². The normalized spacial score (nSPS) is 24.4. The lowest BCUT2D eigenvalue weighted by molar-refractivity contribution is -0.140. The van der Waals surface area contributed by atoms with Crippen molar-refractivity contribution in [2.75, 3.05) is 0 Å². The van der Waals surface area contributed by atoms with Crippen LogP contribution in [0.15, 0.2) is 0 Å². The second kappa shape index (κ2) is 5.82. The predicted molar refractivity (Wildman–Crippen MR) is 79.2 cm³/mol. The maximum atomic E-state index is 11.4. The standard InChI is InChI=1S/C16H31NO2/c1-11(2)7-13(14(18)19)17-12-8-15(3,4)10-16(5,6)9-12/h11-13,17H,7-10H2,1-6H3,(H,18,19). The van der Waals surface area contributed by atoms with Gasteiger partial charge < -0.3 is 10.4 Å². The van der Waals surface area contributed by atoms with Gasteiger partial charge in [0, 0.05) is 6.04 Å². The van der Waals surface area contributed by atoms with E-state index in [2.05, 4.69) is 46.9 Å². The SMILES string of the molecule is CC(C)CC(NC1CC(C)(C)CC(C)(C)C1)C(=O)O. The number of nitrogens with one attached hydrogen (secondary N) is 1. The van der Waals surface area contributed by atoms with Crippen LogP contribution in [0.1, 0.15) is 67.2 Å². The molecule has 3 nitrogen and oxygen atoms in total. The van der Waals surface area contributed by atoms with Gasteiger partial charge in [-0.05, 0) is 42.4 Å². The van der Waals surface area contributed by atoms with Gasteiger partial charge in [0.05, 0.1) is 0 Å². The zero-order valence-electron chi connectivity index (χ0n) is 13.4. The summed E-state index contributed by atoms with van der Waals surface area (Å²) in [4.78, 5) is 11.4. The van der Waals surface area contributed by atoms with Gasteiger partial charge in [-0.1, -0.05) is 41.5 Å². The van der Waals surface area contributed by atoms with E-state index in [9.17, 15) is 9.90 Å². The predicted octanol–water partition coefficient (Wildman–Crippen LogP) is 3.68. The molecule has 2 N–H and O–H groups in total. The van der Waals surface area contributed by atoms with Gasteiger partial charge in [0.15, 0.2) is 0 Å². The third-order valence-corrected chi connectivity index (χ3v) is 4.00. The van der Waals surface area contributed by atoms with Gasteiger partial charge in [-0.2, -0.15) is 0 Å². The Morgan fingerprint density at radius 3 is 2.05 bits per heavy atom. The Morgan fingerprint density at radius 2 is 1.68 bits per heavy atom. The Morgan fingerprint density at radius 1 is 1.21 bits per heavy atom. The molecule has 3 heteroatoms. The van der Waals surface area contributed by atoms with Crippen LogP contribution in [0.25, 0.3) is 0 Å². The zero-order valence-corrected chi connectivity index (χ0v) is 13.4. The second-order valence-electron chi connectivity index (χ2n) is 8.30. The van der Waals surface area contributed by atoms with Crippen molar-refractivity contribution in [1.82, 2.24) is 5.32 Å². The molecule has 1 atom stereocenters. The fourth-order valence-corrected chi connectivity index (χ4v) is 3.96. The van der Waals surface area contributed by atoms with Crippen LogP contribution < -0.4 is 5.32 Å². The molecule has 1 fully saturated rings. The van der Waals surface area contributed by atoms with E-state index in [1.54, 1.807) is 0 Å². The molecule has 1 aliphatic carbocycles. The first-order valence-corrected chi connectivity index (χ1v) is 7.50. The summed E-state index contributed by atoms with van der Waals surface area (Å²) in [6, 6.07) is -0.0895. The Kier molecular flexibility index (Phi) is 5.05. The third kappa shape index (κ3) is 5.52. The monoisotopic (exact) mass is 269 g/mol. The summed E-state index contributed by atoms with van der Waals surface area (Å²) in [7, 11) is 0. The summed E-state index contributed by atoms with van der Waals surface area (Å²) in [5.74, 6) is -0.312. The van der Waals surface area contributed by atoms with Crippen molar-refractivity contribution in [3.8, 4) is 0 Å². The van der Waals surface area contributed by atoms with Gasteiger partial charge in [-0.15, -0.1) is 0 Å². The minimum Gasteiger partial charge on any atom is -0.480 e. The molecular weight excluding hydrogens is 238 g/mol. The average Bonchev–Trinajstić information content (AvgIpc) is 2.09. The number of hydrogen-bond acceptors (Lipinski definition) is 2. The highest BCUT2D eigenvalue weighted by atomic mass is 16.4. The molecule has 0 aromatic carbocycles. The van der Waals surface area contributed by atoms with Crippen LogP contribution in [0.4, 0.5) is 0 Å². The smallest absolute Gasteiger partial charge is 0.320 e. The molecule has 1 unspecified atom stereocenters. The lowest BCUT2D eigenvalue weighted by Gasteiger charge is -2.46. The highest BCUT2D eigenvalue weighted by Gasteiger charge is 2.39. The first-order valence-electron chi connectivity index (χ1n) is 7.50. The summed E-state index contributed by atoms with van der Waals surface area (Å²) in [6.07, 6.45) is 4.05. The van der Waals surface area contributed by atoms with Gasteiger partial charge in [0.25, 0.3) is 0 Å². The average molecular weight is 269 g/mol. The second-order valence-corrected chi connectivity index (χ2v) is 8.30. The molecule has 0 bridgehead atoms. The van der Waals surface area contributed by atoms with Crippen molar-refractivity contribution in [2.24, 2.45) is 16.7 Å². The van der Waals surface area contributed by atoms with Crippen LogP contribution in [0, 0.1) is 16.7 Å². The fraction of sp³-hybridized carbons (Fsp3) is 0.938. The Bertz CT molecular complexity index is 305. The van der Waals surface area contributed by atoms with E-state index >= 15 is 0 Å². The van der Waals surface area contributed by atoms with E-state index in [0.29, 0.717) is 29.2 Å². The molecule has 0 heterocycles. The van der Waals surface area contributed by atoms with Gasteiger partial charge in [-0.3, -0.25) is 4.79 Å². The minimum atomic E-state index is -0.713. The Labute approximate surface area is 118 Å². The zero-order chi connectivity index (χ0) is 14.8. The molecule has 0 aliphatic heterocycles. The van der Waals surface area contributed by atoms with Crippen molar-refractivity contribution in [1.29, 1.82) is 0 Å². The Hall–Kier alpha value is -0.570. The lowest BCUT2D eigenvalue weighted by Crippen LogP contribution is -2.50. The molecule has 1 saturated carbocycles. The van der Waals surface area contributed by atoms with Gasteiger partial charge in [-0.25, -0.2) is 0 Å². The third-order valence-electron chi connectivity index (χ3n) is 4.00. The summed E-state index contributed by atoms with van der Waals surface area (Å²) < 4.78 is 0. The first kappa shape index (κ1) is 16.5. The van der Waals surface area contributed by atoms with E-state index in [-0.39, 0.29) is 0 Å². The number of carboxylic acids is 1. The highest BCUT2D eigenvalue weighted by molar-refractivity contribution is 5.73. The van der Waals surface area contributed by atoms with Crippen LogP contribution in [0.5, 0.6) is 0 Å². The summed E-state index contributed by atoms with van der Waals surface area (Å²) in [5.41, 5.74) is 0.584. The number of hydrogen-bond donors (Lipinski definition) is 2. The molecule has 0 radical (unpaired) electrons. The van der Waals surface area contributed by atoms with E-state index in [1.165, 1.54) is 6.42 Å². The van der Waals surface area contributed by atoms with Crippen molar-refractivity contribution in [3.05, 3.63) is 0 Å². The molecule has 0 spiro atoms.